The normalized spacial score (nSPS) is 14.3. The van der Waals surface area contributed by atoms with E-state index in [9.17, 15) is 9.59 Å². The number of benzene rings is 2. The molecule has 0 spiro atoms. The van der Waals surface area contributed by atoms with Gasteiger partial charge in [-0.05, 0) is 35.7 Å². The molecular weight excluding hydrogens is 478 g/mol. The SMILES string of the molecule is O=C(Nc1cc(-c2cc3ccccc3s2)c2[nH]ncc2c1)C(=O)N1CCN(Oc2ncccn2)CC1. The fraction of sp³-hybridized carbons (Fsp3) is 0.160. The van der Waals surface area contributed by atoms with E-state index in [0.29, 0.717) is 31.9 Å². The highest BCUT2D eigenvalue weighted by molar-refractivity contribution is 7.22. The number of hydroxylamine groups is 2. The van der Waals surface area contributed by atoms with Crippen LogP contribution in [0.15, 0.2) is 67.1 Å². The van der Waals surface area contributed by atoms with Gasteiger partial charge in [-0.25, -0.2) is 9.97 Å². The molecule has 0 aliphatic carbocycles. The lowest BCUT2D eigenvalue weighted by atomic mass is 10.1. The fourth-order valence-electron chi connectivity index (χ4n) is 4.20. The van der Waals surface area contributed by atoms with Gasteiger partial charge in [0.25, 0.3) is 0 Å². The van der Waals surface area contributed by atoms with Gasteiger partial charge in [-0.2, -0.15) is 5.10 Å². The van der Waals surface area contributed by atoms with Crippen LogP contribution in [0.2, 0.25) is 0 Å². The number of H-pyrrole nitrogens is 1. The predicted molar refractivity (Wildman–Crippen MR) is 136 cm³/mol. The maximum absolute atomic E-state index is 12.9. The van der Waals surface area contributed by atoms with Gasteiger partial charge in [0.05, 0.1) is 24.8 Å². The zero-order valence-electron chi connectivity index (χ0n) is 19.0. The second-order valence-corrected chi connectivity index (χ2v) is 9.39. The lowest BCUT2D eigenvalue weighted by molar-refractivity contribution is -0.149. The van der Waals surface area contributed by atoms with Crippen LogP contribution in [0.3, 0.4) is 0 Å². The van der Waals surface area contributed by atoms with Crippen molar-refractivity contribution in [1.82, 2.24) is 30.1 Å². The molecule has 0 atom stereocenters. The minimum Gasteiger partial charge on any atom is -0.365 e. The standard InChI is InChI=1S/C25H21N7O3S/c33-23(24(34)31-8-10-32(11-9-31)35-25-26-6-3-7-27-25)29-18-12-17-15-28-30-22(17)19(14-18)21-13-16-4-1-2-5-20(16)36-21/h1-7,12-15H,8-11H2,(H,28,30)(H,29,33). The van der Waals surface area contributed by atoms with Crippen LogP contribution in [0.4, 0.5) is 5.69 Å². The molecule has 1 saturated heterocycles. The first kappa shape index (κ1) is 22.1. The molecule has 0 saturated carbocycles. The van der Waals surface area contributed by atoms with Crippen molar-refractivity contribution >= 4 is 49.8 Å². The number of rotatable bonds is 4. The Morgan fingerprint density at radius 2 is 1.78 bits per heavy atom. The second-order valence-electron chi connectivity index (χ2n) is 8.30. The molecule has 36 heavy (non-hydrogen) atoms. The predicted octanol–water partition coefficient (Wildman–Crippen LogP) is 3.31. The Kier molecular flexibility index (Phi) is 5.76. The summed E-state index contributed by atoms with van der Waals surface area (Å²) in [5, 5.41) is 13.7. The molecule has 2 N–H and O–H groups in total. The van der Waals surface area contributed by atoms with Gasteiger partial charge in [0.15, 0.2) is 0 Å². The Balaban J connectivity index is 1.16. The number of thiophene rings is 1. The lowest BCUT2D eigenvalue weighted by Gasteiger charge is -2.32. The van der Waals surface area contributed by atoms with E-state index in [0.717, 1.165) is 26.7 Å². The number of aromatic nitrogens is 4. The second kappa shape index (κ2) is 9.36. The Morgan fingerprint density at radius 3 is 2.58 bits per heavy atom. The minimum absolute atomic E-state index is 0.249. The molecule has 4 heterocycles. The third-order valence-electron chi connectivity index (χ3n) is 5.97. The van der Waals surface area contributed by atoms with E-state index < -0.39 is 11.8 Å². The van der Waals surface area contributed by atoms with E-state index in [1.165, 1.54) is 9.60 Å². The Bertz CT molecular complexity index is 1530. The molecule has 2 amide bonds. The van der Waals surface area contributed by atoms with E-state index in [2.05, 4.69) is 43.7 Å². The lowest BCUT2D eigenvalue weighted by Crippen LogP contribution is -2.52. The summed E-state index contributed by atoms with van der Waals surface area (Å²) in [5.74, 6) is -1.26. The number of carbonyl (C=O) groups is 2. The number of nitrogens with zero attached hydrogens (tertiary/aromatic N) is 5. The molecule has 1 aliphatic rings. The zero-order chi connectivity index (χ0) is 24.5. The third-order valence-corrected chi connectivity index (χ3v) is 7.12. The van der Waals surface area contributed by atoms with E-state index in [4.69, 9.17) is 4.84 Å². The molecule has 0 unspecified atom stereocenters. The summed E-state index contributed by atoms with van der Waals surface area (Å²) in [5.41, 5.74) is 2.34. The number of aromatic amines is 1. The summed E-state index contributed by atoms with van der Waals surface area (Å²) in [4.78, 5) is 42.0. The van der Waals surface area contributed by atoms with Gasteiger partial charge < -0.3 is 15.1 Å². The number of hydrogen-bond acceptors (Lipinski definition) is 8. The van der Waals surface area contributed by atoms with Crippen molar-refractivity contribution in [2.45, 2.75) is 0 Å². The Labute approximate surface area is 209 Å². The van der Waals surface area contributed by atoms with Crippen molar-refractivity contribution in [2.24, 2.45) is 0 Å². The highest BCUT2D eigenvalue weighted by Crippen LogP contribution is 2.38. The van der Waals surface area contributed by atoms with Crippen LogP contribution in [0.25, 0.3) is 31.4 Å². The largest absolute Gasteiger partial charge is 0.365 e. The van der Waals surface area contributed by atoms with Crippen molar-refractivity contribution in [3.63, 3.8) is 0 Å². The Hall–Kier alpha value is -4.35. The summed E-state index contributed by atoms with van der Waals surface area (Å²) >= 11 is 1.66. The van der Waals surface area contributed by atoms with E-state index in [-0.39, 0.29) is 6.01 Å². The molecule has 0 bridgehead atoms. The fourth-order valence-corrected chi connectivity index (χ4v) is 5.28. The maximum atomic E-state index is 12.9. The highest BCUT2D eigenvalue weighted by Gasteiger charge is 2.27. The molecule has 5 aromatic rings. The molecular formula is C25H21N7O3S. The summed E-state index contributed by atoms with van der Waals surface area (Å²) in [6.07, 6.45) is 4.90. The summed E-state index contributed by atoms with van der Waals surface area (Å²) in [7, 11) is 0. The van der Waals surface area contributed by atoms with Gasteiger partial charge in [-0.1, -0.05) is 18.2 Å². The van der Waals surface area contributed by atoms with Gasteiger partial charge >= 0.3 is 17.8 Å². The molecule has 1 fully saturated rings. The van der Waals surface area contributed by atoms with Gasteiger partial charge in [0.2, 0.25) is 0 Å². The topological polar surface area (TPSA) is 116 Å². The molecule has 1 aliphatic heterocycles. The molecule has 0 radical (unpaired) electrons. The van der Waals surface area contributed by atoms with Gasteiger partial charge in [-0.15, -0.1) is 16.4 Å². The highest BCUT2D eigenvalue weighted by atomic mass is 32.1. The van der Waals surface area contributed by atoms with Crippen LogP contribution in [0.1, 0.15) is 0 Å². The first-order valence-corrected chi connectivity index (χ1v) is 12.2. The number of fused-ring (bicyclic) bond motifs is 2. The first-order valence-electron chi connectivity index (χ1n) is 11.4. The number of carbonyl (C=O) groups excluding carboxylic acids is 2. The zero-order valence-corrected chi connectivity index (χ0v) is 19.9. The van der Waals surface area contributed by atoms with Crippen molar-refractivity contribution in [2.75, 3.05) is 31.5 Å². The quantitative estimate of drug-likeness (QED) is 0.365. The van der Waals surface area contributed by atoms with Crippen molar-refractivity contribution in [1.29, 1.82) is 0 Å². The van der Waals surface area contributed by atoms with Crippen LogP contribution in [0, 0.1) is 0 Å². The number of amides is 2. The molecule has 6 rings (SSSR count). The van der Waals surface area contributed by atoms with Gasteiger partial charge in [0.1, 0.15) is 0 Å². The number of anilines is 1. The number of piperazine rings is 1. The maximum Gasteiger partial charge on any atom is 0.335 e. The summed E-state index contributed by atoms with van der Waals surface area (Å²) in [6.45, 7) is 1.59. The van der Waals surface area contributed by atoms with Gasteiger partial charge in [0, 0.05) is 51.7 Å². The van der Waals surface area contributed by atoms with E-state index >= 15 is 0 Å². The van der Waals surface area contributed by atoms with E-state index in [1.807, 2.05) is 24.3 Å². The number of hydrogen-bond donors (Lipinski definition) is 2. The van der Waals surface area contributed by atoms with Crippen molar-refractivity contribution in [3.05, 3.63) is 67.1 Å². The summed E-state index contributed by atoms with van der Waals surface area (Å²) < 4.78 is 1.17. The average molecular weight is 500 g/mol. The molecule has 10 nitrogen and oxygen atoms in total. The minimum atomic E-state index is -0.680. The molecule has 11 heteroatoms. The third kappa shape index (κ3) is 4.37. The van der Waals surface area contributed by atoms with Gasteiger partial charge in [-0.3, -0.25) is 14.7 Å². The first-order chi connectivity index (χ1) is 17.6. The Morgan fingerprint density at radius 1 is 0.972 bits per heavy atom. The number of nitrogens with one attached hydrogen (secondary N) is 2. The average Bonchev–Trinajstić information content (AvgIpc) is 3.56. The molecule has 3 aromatic heterocycles. The van der Waals surface area contributed by atoms with Crippen LogP contribution < -0.4 is 10.2 Å². The van der Waals surface area contributed by atoms with Crippen LogP contribution in [0.5, 0.6) is 6.01 Å². The monoisotopic (exact) mass is 499 g/mol. The van der Waals surface area contributed by atoms with Crippen LogP contribution >= 0.6 is 11.3 Å². The smallest absolute Gasteiger partial charge is 0.335 e. The van der Waals surface area contributed by atoms with Crippen LogP contribution in [-0.4, -0.2) is 68.1 Å². The van der Waals surface area contributed by atoms with E-state index in [1.54, 1.807) is 41.1 Å². The molecule has 180 valence electrons. The summed E-state index contributed by atoms with van der Waals surface area (Å²) in [6, 6.07) is 15.9. The molecule has 2 aromatic carbocycles. The van der Waals surface area contributed by atoms with Crippen molar-refractivity contribution < 1.29 is 14.4 Å². The van der Waals surface area contributed by atoms with Crippen molar-refractivity contribution in [3.8, 4) is 16.5 Å². The van der Waals surface area contributed by atoms with Crippen LogP contribution in [-0.2, 0) is 9.59 Å².